The number of hydrogen-bond acceptors (Lipinski definition) is 4. The molecule has 5 nitrogen and oxygen atoms in total. The van der Waals surface area contributed by atoms with Gasteiger partial charge in [-0.25, -0.2) is 4.39 Å². The fraction of sp³-hybridized carbons (Fsp3) is 0.375. The van der Waals surface area contributed by atoms with Gasteiger partial charge in [0.2, 0.25) is 0 Å². The molecule has 0 fully saturated rings. The van der Waals surface area contributed by atoms with E-state index in [9.17, 15) is 9.18 Å². The Balaban J connectivity index is 1.57. The Morgan fingerprint density at radius 3 is 2.77 bits per heavy atom. The molecule has 0 saturated carbocycles. The summed E-state index contributed by atoms with van der Waals surface area (Å²) >= 11 is 0. The molecule has 0 bridgehead atoms. The van der Waals surface area contributed by atoms with Crippen LogP contribution in [0.3, 0.4) is 0 Å². The second-order valence-electron chi connectivity index (χ2n) is 8.09. The van der Waals surface area contributed by atoms with Crippen molar-refractivity contribution in [1.82, 2.24) is 4.90 Å². The molecule has 2 heterocycles. The van der Waals surface area contributed by atoms with Crippen LogP contribution in [0.5, 0.6) is 0 Å². The summed E-state index contributed by atoms with van der Waals surface area (Å²) in [4.78, 5) is 14.9. The number of carbonyl (C=O) groups is 1. The number of anilines is 1. The molecule has 0 aliphatic carbocycles. The number of hydrogen-bond donors (Lipinski definition) is 2. The molecule has 0 aromatic heterocycles. The van der Waals surface area contributed by atoms with Crippen LogP contribution in [0.15, 0.2) is 36.4 Å². The molecule has 2 N–H and O–H groups in total. The fourth-order valence-corrected chi connectivity index (χ4v) is 4.12. The lowest BCUT2D eigenvalue weighted by atomic mass is 9.98. The van der Waals surface area contributed by atoms with Gasteiger partial charge in [-0.15, -0.1) is 0 Å². The number of nitrogens with one attached hydrogen (secondary N) is 1. The van der Waals surface area contributed by atoms with E-state index in [4.69, 9.17) is 9.84 Å². The molecule has 0 saturated heterocycles. The van der Waals surface area contributed by atoms with Crippen LogP contribution < -0.4 is 5.32 Å². The molecule has 30 heavy (non-hydrogen) atoms. The van der Waals surface area contributed by atoms with E-state index in [2.05, 4.69) is 36.2 Å². The van der Waals surface area contributed by atoms with Crippen molar-refractivity contribution >= 4 is 22.9 Å². The van der Waals surface area contributed by atoms with E-state index in [1.165, 1.54) is 17.7 Å². The average molecular weight is 410 g/mol. The van der Waals surface area contributed by atoms with Crippen LogP contribution >= 0.6 is 0 Å². The van der Waals surface area contributed by atoms with Crippen LogP contribution in [-0.4, -0.2) is 41.7 Å². The predicted octanol–water partition coefficient (Wildman–Crippen LogP) is 3.81. The molecule has 0 spiro atoms. The van der Waals surface area contributed by atoms with Gasteiger partial charge in [0.25, 0.3) is 5.91 Å². The van der Waals surface area contributed by atoms with Crippen molar-refractivity contribution in [3.8, 4) is 0 Å². The lowest BCUT2D eigenvalue weighted by Gasteiger charge is -2.26. The smallest absolute Gasteiger partial charge is 0.260 e. The number of halogens is 1. The Hall–Kier alpha value is -2.70. The van der Waals surface area contributed by atoms with Gasteiger partial charge in [-0.3, -0.25) is 4.79 Å². The zero-order valence-corrected chi connectivity index (χ0v) is 17.4. The third kappa shape index (κ3) is 3.98. The number of aliphatic hydroxyl groups excluding tert-OH is 1. The molecule has 0 atom stereocenters. The largest absolute Gasteiger partial charge is 0.487 e. The molecule has 2 aliphatic rings. The number of fused-ring (bicyclic) bond motifs is 2. The normalized spacial score (nSPS) is 17.3. The van der Waals surface area contributed by atoms with Crippen LogP contribution in [0.2, 0.25) is 0 Å². The monoisotopic (exact) mass is 410 g/mol. The van der Waals surface area contributed by atoms with E-state index in [1.54, 1.807) is 6.07 Å². The van der Waals surface area contributed by atoms with Gasteiger partial charge in [0.05, 0.1) is 5.57 Å². The zero-order valence-electron chi connectivity index (χ0n) is 17.4. The summed E-state index contributed by atoms with van der Waals surface area (Å²) in [6, 6.07) is 10.9. The van der Waals surface area contributed by atoms with Crippen molar-refractivity contribution in [2.24, 2.45) is 0 Å². The van der Waals surface area contributed by atoms with E-state index in [0.717, 1.165) is 37.1 Å². The Bertz CT molecular complexity index is 1000. The van der Waals surface area contributed by atoms with E-state index in [-0.39, 0.29) is 18.3 Å². The van der Waals surface area contributed by atoms with Crippen LogP contribution in [0.4, 0.5) is 10.1 Å². The van der Waals surface area contributed by atoms with Crippen molar-refractivity contribution in [1.29, 1.82) is 0 Å². The minimum absolute atomic E-state index is 0.206. The maximum absolute atomic E-state index is 13.8. The molecule has 158 valence electrons. The second kappa shape index (κ2) is 8.58. The van der Waals surface area contributed by atoms with Gasteiger partial charge in [0.15, 0.2) is 0 Å². The first kappa shape index (κ1) is 20.6. The van der Waals surface area contributed by atoms with Crippen LogP contribution in [0, 0.1) is 5.82 Å². The molecule has 1 amide bonds. The summed E-state index contributed by atoms with van der Waals surface area (Å²) in [5.74, 6) is -0.128. The zero-order chi connectivity index (χ0) is 21.3. The van der Waals surface area contributed by atoms with Crippen molar-refractivity contribution in [3.05, 3.63) is 64.5 Å². The molecule has 0 radical (unpaired) electrons. The molecule has 2 aromatic carbocycles. The first-order valence-electron chi connectivity index (χ1n) is 10.4. The standard InChI is InChI=1S/C24H27FN2O3/c1-15(2)27(9-3-11-28)10-8-16-4-6-19-17(12-16)14-30-23(19)22-20-13-18(25)5-7-21(20)26-24(22)29/h4-7,12-13,15,28H,3,8-11,14H2,1-2H3,(H,26,29)/b23-22+. The molecular weight excluding hydrogens is 383 g/mol. The van der Waals surface area contributed by atoms with Crippen LogP contribution in [0.1, 0.15) is 42.5 Å². The summed E-state index contributed by atoms with van der Waals surface area (Å²) in [5, 5.41) is 11.9. The van der Waals surface area contributed by atoms with Gasteiger partial charge in [-0.1, -0.05) is 18.2 Å². The molecule has 2 aromatic rings. The highest BCUT2D eigenvalue weighted by atomic mass is 19.1. The van der Waals surface area contributed by atoms with E-state index >= 15 is 0 Å². The summed E-state index contributed by atoms with van der Waals surface area (Å²) in [6.45, 7) is 6.74. The highest BCUT2D eigenvalue weighted by molar-refractivity contribution is 6.36. The van der Waals surface area contributed by atoms with Crippen molar-refractivity contribution in [3.63, 3.8) is 0 Å². The minimum Gasteiger partial charge on any atom is -0.487 e. The maximum Gasteiger partial charge on any atom is 0.260 e. The van der Waals surface area contributed by atoms with E-state index in [0.29, 0.717) is 35.2 Å². The van der Waals surface area contributed by atoms with Crippen LogP contribution in [-0.2, 0) is 22.6 Å². The Labute approximate surface area is 176 Å². The number of benzene rings is 2. The fourth-order valence-electron chi connectivity index (χ4n) is 4.12. The molecule has 2 aliphatic heterocycles. The van der Waals surface area contributed by atoms with Gasteiger partial charge in [-0.2, -0.15) is 0 Å². The molecular formula is C24H27FN2O3. The summed E-state index contributed by atoms with van der Waals surface area (Å²) < 4.78 is 19.7. The van der Waals surface area contributed by atoms with Gasteiger partial charge >= 0.3 is 0 Å². The number of carbonyl (C=O) groups excluding carboxylic acids is 1. The van der Waals surface area contributed by atoms with Crippen molar-refractivity contribution in [2.75, 3.05) is 25.0 Å². The third-order valence-electron chi connectivity index (χ3n) is 5.76. The lowest BCUT2D eigenvalue weighted by Crippen LogP contribution is -2.34. The number of amides is 1. The molecule has 6 heteroatoms. The highest BCUT2D eigenvalue weighted by Gasteiger charge is 2.32. The predicted molar refractivity (Wildman–Crippen MR) is 115 cm³/mol. The second-order valence-corrected chi connectivity index (χ2v) is 8.09. The SMILES string of the molecule is CC(C)N(CCCO)CCc1ccc2c(c1)CO/C2=C1/C(=O)Nc2ccc(F)cc21. The third-order valence-corrected chi connectivity index (χ3v) is 5.76. The number of rotatable bonds is 7. The first-order chi connectivity index (χ1) is 14.5. The van der Waals surface area contributed by atoms with E-state index in [1.807, 2.05) is 6.07 Å². The summed E-state index contributed by atoms with van der Waals surface area (Å²) in [5.41, 5.74) is 4.69. The Morgan fingerprint density at radius 2 is 2.00 bits per heavy atom. The average Bonchev–Trinajstić information content (AvgIpc) is 3.26. The van der Waals surface area contributed by atoms with E-state index < -0.39 is 0 Å². The Kier molecular flexibility index (Phi) is 5.88. The topological polar surface area (TPSA) is 61.8 Å². The minimum atomic E-state index is -0.382. The summed E-state index contributed by atoms with van der Waals surface area (Å²) in [6.07, 6.45) is 1.68. The van der Waals surface area contributed by atoms with Gasteiger partial charge in [0, 0.05) is 48.1 Å². The highest BCUT2D eigenvalue weighted by Crippen LogP contribution is 2.41. The lowest BCUT2D eigenvalue weighted by molar-refractivity contribution is -0.110. The van der Waals surface area contributed by atoms with Gasteiger partial charge < -0.3 is 20.1 Å². The molecule has 0 unspecified atom stereocenters. The maximum atomic E-state index is 13.8. The number of nitrogens with zero attached hydrogens (tertiary/aromatic N) is 1. The molecule has 4 rings (SSSR count). The number of aliphatic hydroxyl groups is 1. The van der Waals surface area contributed by atoms with Crippen molar-refractivity contribution < 1.29 is 19.0 Å². The van der Waals surface area contributed by atoms with Gasteiger partial charge in [0.1, 0.15) is 18.2 Å². The Morgan fingerprint density at radius 1 is 1.17 bits per heavy atom. The quantitative estimate of drug-likeness (QED) is 0.682. The first-order valence-corrected chi connectivity index (χ1v) is 10.4. The van der Waals surface area contributed by atoms with Crippen LogP contribution in [0.25, 0.3) is 11.3 Å². The van der Waals surface area contributed by atoms with Crippen molar-refractivity contribution in [2.45, 2.75) is 39.3 Å². The van der Waals surface area contributed by atoms with Gasteiger partial charge in [-0.05, 0) is 50.5 Å². The number of ether oxygens (including phenoxy) is 1. The summed E-state index contributed by atoms with van der Waals surface area (Å²) in [7, 11) is 0.